The Morgan fingerprint density at radius 3 is 2.55 bits per heavy atom. The van der Waals surface area contributed by atoms with Gasteiger partial charge in [0.2, 0.25) is 0 Å². The van der Waals surface area contributed by atoms with Crippen molar-refractivity contribution in [1.29, 1.82) is 0 Å². The predicted molar refractivity (Wildman–Crippen MR) is 138 cm³/mol. The summed E-state index contributed by atoms with van der Waals surface area (Å²) in [6.45, 7) is 4.23. The van der Waals surface area contributed by atoms with Crippen LogP contribution in [-0.2, 0) is 10.0 Å². The highest BCUT2D eigenvalue weighted by molar-refractivity contribution is 9.10. The highest BCUT2D eigenvalue weighted by Crippen LogP contribution is 2.50. The van der Waals surface area contributed by atoms with Crippen molar-refractivity contribution in [2.24, 2.45) is 5.92 Å². The molecule has 170 valence electrons. The van der Waals surface area contributed by atoms with E-state index in [1.807, 2.05) is 42.5 Å². The van der Waals surface area contributed by atoms with Gasteiger partial charge in [0.25, 0.3) is 10.0 Å². The number of hydrogen-bond donors (Lipinski definition) is 2. The fourth-order valence-corrected chi connectivity index (χ4v) is 6.43. The lowest BCUT2D eigenvalue weighted by Crippen LogP contribution is -2.29. The third kappa shape index (κ3) is 4.34. The summed E-state index contributed by atoms with van der Waals surface area (Å²) in [7, 11) is -3.69. The summed E-state index contributed by atoms with van der Waals surface area (Å²) in [5.74, 6) is 0.934. The van der Waals surface area contributed by atoms with Crippen LogP contribution in [0.1, 0.15) is 54.8 Å². The Balaban J connectivity index is 1.45. The standard InChI is InChI=1S/C27H27BrN2O2S/c1-17(2)18-9-11-21(12-10-18)30-33(31,32)22-13-14-26-25(16-22)23-7-4-8-24(23)27(29-26)19-5-3-6-20(28)15-19/h3-7,9-17,23-24,27,29-30H,8H2,1-2H3/t23-,24+,27+/m0/s1. The first-order valence-corrected chi connectivity index (χ1v) is 13.5. The zero-order valence-corrected chi connectivity index (χ0v) is 21.0. The number of allylic oxidation sites excluding steroid dienone is 2. The molecule has 1 heterocycles. The Morgan fingerprint density at radius 2 is 1.82 bits per heavy atom. The predicted octanol–water partition coefficient (Wildman–Crippen LogP) is 7.20. The van der Waals surface area contributed by atoms with Crippen LogP contribution in [0.3, 0.4) is 0 Å². The minimum Gasteiger partial charge on any atom is -0.378 e. The molecule has 2 aliphatic rings. The zero-order chi connectivity index (χ0) is 23.2. The third-order valence-corrected chi connectivity index (χ3v) is 8.55. The molecule has 0 aromatic heterocycles. The number of nitrogens with one attached hydrogen (secondary N) is 2. The number of sulfonamides is 1. The number of fused-ring (bicyclic) bond motifs is 3. The molecule has 3 atom stereocenters. The summed E-state index contributed by atoms with van der Waals surface area (Å²) >= 11 is 3.59. The van der Waals surface area contributed by atoms with Crippen molar-refractivity contribution in [3.63, 3.8) is 0 Å². The molecule has 0 spiro atoms. The second-order valence-electron chi connectivity index (χ2n) is 9.16. The van der Waals surface area contributed by atoms with Gasteiger partial charge in [-0.05, 0) is 77.4 Å². The van der Waals surface area contributed by atoms with Gasteiger partial charge in [0.05, 0.1) is 10.9 Å². The molecule has 1 aliphatic carbocycles. The van der Waals surface area contributed by atoms with Gasteiger partial charge < -0.3 is 5.32 Å². The van der Waals surface area contributed by atoms with E-state index in [4.69, 9.17) is 0 Å². The summed E-state index contributed by atoms with van der Waals surface area (Å²) in [6, 6.07) is 21.6. The van der Waals surface area contributed by atoms with Gasteiger partial charge >= 0.3 is 0 Å². The quantitative estimate of drug-likeness (QED) is 0.348. The van der Waals surface area contributed by atoms with Crippen molar-refractivity contribution in [1.82, 2.24) is 0 Å². The first kappa shape index (κ1) is 22.2. The Bertz CT molecular complexity index is 1320. The second-order valence-corrected chi connectivity index (χ2v) is 11.8. The van der Waals surface area contributed by atoms with Crippen molar-refractivity contribution < 1.29 is 8.42 Å². The van der Waals surface area contributed by atoms with E-state index in [1.54, 1.807) is 6.07 Å². The maximum atomic E-state index is 13.2. The highest BCUT2D eigenvalue weighted by atomic mass is 79.9. The number of benzene rings is 3. The molecule has 0 saturated heterocycles. The van der Waals surface area contributed by atoms with Crippen LogP contribution >= 0.6 is 15.9 Å². The molecule has 0 radical (unpaired) electrons. The van der Waals surface area contributed by atoms with E-state index in [1.165, 1.54) is 11.1 Å². The molecule has 2 N–H and O–H groups in total. The van der Waals surface area contributed by atoms with Crippen molar-refractivity contribution in [2.45, 2.75) is 43.0 Å². The van der Waals surface area contributed by atoms with Crippen LogP contribution in [0.25, 0.3) is 0 Å². The molecule has 0 saturated carbocycles. The fourth-order valence-electron chi connectivity index (χ4n) is 4.92. The van der Waals surface area contributed by atoms with Crippen molar-refractivity contribution in [3.05, 3.63) is 100 Å². The molecular formula is C27H27BrN2O2S. The Kier molecular flexibility index (Phi) is 5.83. The molecule has 6 heteroatoms. The molecule has 4 nitrogen and oxygen atoms in total. The Morgan fingerprint density at radius 1 is 1.03 bits per heavy atom. The average Bonchev–Trinajstić information content (AvgIpc) is 3.28. The van der Waals surface area contributed by atoms with Gasteiger partial charge in [0.1, 0.15) is 0 Å². The van der Waals surface area contributed by atoms with Crippen LogP contribution in [0.15, 0.2) is 88.3 Å². The van der Waals surface area contributed by atoms with E-state index in [0.717, 1.165) is 22.1 Å². The molecule has 0 fully saturated rings. The molecule has 0 bridgehead atoms. The van der Waals surface area contributed by atoms with E-state index in [0.29, 0.717) is 17.5 Å². The smallest absolute Gasteiger partial charge is 0.261 e. The fraction of sp³-hybridized carbons (Fsp3) is 0.259. The van der Waals surface area contributed by atoms with Crippen LogP contribution in [0, 0.1) is 5.92 Å². The largest absolute Gasteiger partial charge is 0.378 e. The Labute approximate surface area is 204 Å². The maximum Gasteiger partial charge on any atom is 0.261 e. The van der Waals surface area contributed by atoms with Gasteiger partial charge in [0, 0.05) is 21.8 Å². The van der Waals surface area contributed by atoms with Crippen LogP contribution < -0.4 is 10.0 Å². The van der Waals surface area contributed by atoms with Crippen molar-refractivity contribution >= 4 is 37.3 Å². The van der Waals surface area contributed by atoms with Crippen LogP contribution in [0.2, 0.25) is 0 Å². The normalized spacial score (nSPS) is 21.4. The van der Waals surface area contributed by atoms with Gasteiger partial charge in [0.15, 0.2) is 0 Å². The molecule has 1 aliphatic heterocycles. The number of hydrogen-bond acceptors (Lipinski definition) is 3. The van der Waals surface area contributed by atoms with Crippen molar-refractivity contribution in [2.75, 3.05) is 10.0 Å². The Hall–Kier alpha value is -2.57. The van der Waals surface area contributed by atoms with Crippen LogP contribution in [0.4, 0.5) is 11.4 Å². The van der Waals surface area contributed by atoms with E-state index in [-0.39, 0.29) is 16.9 Å². The van der Waals surface area contributed by atoms with Gasteiger partial charge in [-0.2, -0.15) is 0 Å². The van der Waals surface area contributed by atoms with E-state index < -0.39 is 10.0 Å². The van der Waals surface area contributed by atoms with Crippen LogP contribution in [-0.4, -0.2) is 8.42 Å². The zero-order valence-electron chi connectivity index (χ0n) is 18.6. The van der Waals surface area contributed by atoms with E-state index in [9.17, 15) is 8.42 Å². The van der Waals surface area contributed by atoms with Crippen LogP contribution in [0.5, 0.6) is 0 Å². The number of rotatable bonds is 5. The van der Waals surface area contributed by atoms with Crippen molar-refractivity contribution in [3.8, 4) is 0 Å². The summed E-state index contributed by atoms with van der Waals surface area (Å²) in [6.07, 6.45) is 5.41. The average molecular weight is 523 g/mol. The molecule has 5 rings (SSSR count). The van der Waals surface area contributed by atoms with E-state index in [2.05, 4.69) is 70.2 Å². The minimum absolute atomic E-state index is 0.176. The summed E-state index contributed by atoms with van der Waals surface area (Å²) in [4.78, 5) is 0.288. The summed E-state index contributed by atoms with van der Waals surface area (Å²) in [5, 5.41) is 3.68. The van der Waals surface area contributed by atoms with Gasteiger partial charge in [-0.25, -0.2) is 8.42 Å². The lowest BCUT2D eigenvalue weighted by Gasteiger charge is -2.37. The SMILES string of the molecule is CC(C)c1ccc(NS(=O)(=O)c2ccc3c(c2)[C@H]2C=CC[C@H]2[C@@H](c2cccc(Br)c2)N3)cc1. The molecular weight excluding hydrogens is 496 g/mol. The molecule has 33 heavy (non-hydrogen) atoms. The van der Waals surface area contributed by atoms with Gasteiger partial charge in [-0.3, -0.25) is 4.72 Å². The lowest BCUT2D eigenvalue weighted by atomic mass is 9.77. The third-order valence-electron chi connectivity index (χ3n) is 6.68. The highest BCUT2D eigenvalue weighted by Gasteiger charge is 2.38. The van der Waals surface area contributed by atoms with E-state index >= 15 is 0 Å². The topological polar surface area (TPSA) is 58.2 Å². The number of halogens is 1. The monoisotopic (exact) mass is 522 g/mol. The van der Waals surface area contributed by atoms with Gasteiger partial charge in [-0.1, -0.05) is 66.2 Å². The number of anilines is 2. The minimum atomic E-state index is -3.69. The molecule has 3 aromatic carbocycles. The first-order chi connectivity index (χ1) is 15.8. The maximum absolute atomic E-state index is 13.2. The second kappa shape index (κ2) is 8.65. The first-order valence-electron chi connectivity index (χ1n) is 11.3. The molecule has 3 aromatic rings. The molecule has 0 amide bonds. The molecule has 0 unspecified atom stereocenters. The summed E-state index contributed by atoms with van der Waals surface area (Å²) < 4.78 is 30.1. The lowest BCUT2D eigenvalue weighted by molar-refractivity contribution is 0.425. The van der Waals surface area contributed by atoms with Gasteiger partial charge in [-0.15, -0.1) is 0 Å². The summed E-state index contributed by atoms with van der Waals surface area (Å²) in [5.41, 5.74) is 5.02.